The molecular formula is C24H23N5O2S. The molecule has 0 spiro atoms. The zero-order valence-electron chi connectivity index (χ0n) is 17.8. The molecule has 0 atom stereocenters. The summed E-state index contributed by atoms with van der Waals surface area (Å²) in [6.07, 6.45) is 3.09. The second kappa shape index (κ2) is 9.00. The molecule has 0 radical (unpaired) electrons. The van der Waals surface area contributed by atoms with Crippen molar-refractivity contribution in [1.29, 1.82) is 0 Å². The molecule has 0 aliphatic carbocycles. The summed E-state index contributed by atoms with van der Waals surface area (Å²) in [6.45, 7) is 2.78. The van der Waals surface area contributed by atoms with Crippen LogP contribution in [0.5, 0.6) is 0 Å². The molecule has 8 heteroatoms. The lowest BCUT2D eigenvalue weighted by molar-refractivity contribution is 0.397. The molecule has 3 aromatic heterocycles. The highest BCUT2D eigenvalue weighted by Crippen LogP contribution is 2.27. The van der Waals surface area contributed by atoms with Gasteiger partial charge in [0.1, 0.15) is 11.5 Å². The van der Waals surface area contributed by atoms with Crippen molar-refractivity contribution in [2.75, 3.05) is 0 Å². The first-order valence-corrected chi connectivity index (χ1v) is 11.8. The van der Waals surface area contributed by atoms with Crippen LogP contribution in [0, 0.1) is 0 Å². The fraction of sp³-hybridized carbons (Fsp3) is 0.250. The second-order valence-corrected chi connectivity index (χ2v) is 8.57. The lowest BCUT2D eigenvalue weighted by Gasteiger charge is -2.10. The summed E-state index contributed by atoms with van der Waals surface area (Å²) >= 11 is 1.52. The van der Waals surface area contributed by atoms with E-state index in [2.05, 4.69) is 22.3 Å². The summed E-state index contributed by atoms with van der Waals surface area (Å²) in [5.74, 6) is 1.89. The van der Waals surface area contributed by atoms with E-state index in [1.165, 1.54) is 11.8 Å². The topological polar surface area (TPSA) is 78.2 Å². The number of aromatic nitrogens is 5. The van der Waals surface area contributed by atoms with Gasteiger partial charge in [-0.2, -0.15) is 0 Å². The number of nitrogens with zero attached hydrogens (tertiary/aromatic N) is 5. The van der Waals surface area contributed by atoms with E-state index in [0.717, 1.165) is 47.0 Å². The Morgan fingerprint density at radius 1 is 1.00 bits per heavy atom. The largest absolute Gasteiger partial charge is 0.360 e. The summed E-state index contributed by atoms with van der Waals surface area (Å²) in [7, 11) is 0. The fourth-order valence-electron chi connectivity index (χ4n) is 3.81. The Kier molecular flexibility index (Phi) is 5.77. The molecule has 5 aromatic rings. The van der Waals surface area contributed by atoms with Gasteiger partial charge in [-0.25, -0.2) is 0 Å². The van der Waals surface area contributed by atoms with Crippen molar-refractivity contribution in [2.24, 2.45) is 0 Å². The number of hydrogen-bond donors (Lipinski definition) is 0. The number of rotatable bonds is 8. The molecule has 0 fully saturated rings. The van der Waals surface area contributed by atoms with Crippen molar-refractivity contribution in [3.63, 3.8) is 0 Å². The maximum Gasteiger partial charge on any atom is 0.262 e. The summed E-state index contributed by atoms with van der Waals surface area (Å²) in [5, 5.41) is 14.4. The molecule has 0 unspecified atom stereocenters. The van der Waals surface area contributed by atoms with Crippen LogP contribution in [0.4, 0.5) is 0 Å². The second-order valence-electron chi connectivity index (χ2n) is 7.63. The maximum absolute atomic E-state index is 13.1. The van der Waals surface area contributed by atoms with Gasteiger partial charge in [-0.05, 0) is 18.6 Å². The van der Waals surface area contributed by atoms with Crippen LogP contribution in [0.3, 0.4) is 0 Å². The van der Waals surface area contributed by atoms with Crippen LogP contribution in [0.15, 0.2) is 75.1 Å². The molecule has 162 valence electrons. The maximum atomic E-state index is 13.1. The third kappa shape index (κ3) is 3.82. The van der Waals surface area contributed by atoms with Gasteiger partial charge in [0.05, 0.1) is 16.7 Å². The molecule has 0 saturated carbocycles. The van der Waals surface area contributed by atoms with E-state index in [1.807, 2.05) is 65.1 Å². The summed E-state index contributed by atoms with van der Waals surface area (Å²) < 4.78 is 9.26. The molecule has 2 aromatic carbocycles. The predicted molar refractivity (Wildman–Crippen MR) is 126 cm³/mol. The number of thioether (sulfide) groups is 1. The third-order valence-corrected chi connectivity index (χ3v) is 6.39. The van der Waals surface area contributed by atoms with Crippen LogP contribution in [0.1, 0.15) is 31.9 Å². The lowest BCUT2D eigenvalue weighted by Crippen LogP contribution is -2.23. The van der Waals surface area contributed by atoms with Crippen molar-refractivity contribution >= 4 is 28.4 Å². The Morgan fingerprint density at radius 2 is 1.81 bits per heavy atom. The van der Waals surface area contributed by atoms with Gasteiger partial charge in [-0.15, -0.1) is 10.2 Å². The zero-order valence-corrected chi connectivity index (χ0v) is 18.6. The molecule has 5 rings (SSSR count). The quantitative estimate of drug-likeness (QED) is 0.242. The van der Waals surface area contributed by atoms with E-state index in [0.29, 0.717) is 23.5 Å². The molecular weight excluding hydrogens is 422 g/mol. The molecule has 0 N–H and O–H groups in total. The first-order chi connectivity index (χ1) is 15.8. The van der Waals surface area contributed by atoms with E-state index >= 15 is 0 Å². The number of benzene rings is 2. The standard InChI is InChI=1S/C24H23N5O2S/c1-2-3-9-14-28-22(30)19-12-7-8-13-21(19)29-23(28)25-26-24(29)32-16-18-15-20(27-31-18)17-10-5-4-6-11-17/h4-8,10-13,15H,2-3,9,14,16H2,1H3. The highest BCUT2D eigenvalue weighted by atomic mass is 32.2. The minimum absolute atomic E-state index is 0.0177. The number of para-hydroxylation sites is 1. The lowest BCUT2D eigenvalue weighted by atomic mass is 10.1. The van der Waals surface area contributed by atoms with Crippen molar-refractivity contribution in [3.8, 4) is 11.3 Å². The Hall–Kier alpha value is -3.39. The molecule has 32 heavy (non-hydrogen) atoms. The number of unbranched alkanes of at least 4 members (excludes halogenated alkanes) is 2. The molecule has 0 aliphatic heterocycles. The van der Waals surface area contributed by atoms with Crippen LogP contribution in [-0.4, -0.2) is 24.3 Å². The van der Waals surface area contributed by atoms with Gasteiger partial charge >= 0.3 is 0 Å². The van der Waals surface area contributed by atoms with Gasteiger partial charge in [0.25, 0.3) is 5.56 Å². The van der Waals surface area contributed by atoms with Crippen molar-refractivity contribution in [3.05, 3.63) is 76.8 Å². The van der Waals surface area contributed by atoms with E-state index in [4.69, 9.17) is 4.52 Å². The SMILES string of the molecule is CCCCCn1c(=O)c2ccccc2n2c(SCc3cc(-c4ccccc4)no3)nnc12. The molecule has 3 heterocycles. The first kappa shape index (κ1) is 20.5. The van der Waals surface area contributed by atoms with Crippen LogP contribution < -0.4 is 5.56 Å². The number of aryl methyl sites for hydroxylation is 1. The molecule has 0 aliphatic rings. The summed E-state index contributed by atoms with van der Waals surface area (Å²) in [5.41, 5.74) is 2.62. The summed E-state index contributed by atoms with van der Waals surface area (Å²) in [4.78, 5) is 13.1. The Balaban J connectivity index is 1.49. The smallest absolute Gasteiger partial charge is 0.262 e. The average Bonchev–Trinajstić information content (AvgIpc) is 3.48. The van der Waals surface area contributed by atoms with Gasteiger partial charge < -0.3 is 4.52 Å². The van der Waals surface area contributed by atoms with E-state index in [9.17, 15) is 4.79 Å². The van der Waals surface area contributed by atoms with Crippen LogP contribution >= 0.6 is 11.8 Å². The molecule has 7 nitrogen and oxygen atoms in total. The first-order valence-electron chi connectivity index (χ1n) is 10.8. The Labute approximate surface area is 189 Å². The zero-order chi connectivity index (χ0) is 21.9. The van der Waals surface area contributed by atoms with Crippen LogP contribution in [0.2, 0.25) is 0 Å². The van der Waals surface area contributed by atoms with Crippen molar-refractivity contribution in [1.82, 2.24) is 24.3 Å². The van der Waals surface area contributed by atoms with Gasteiger partial charge in [-0.1, -0.05) is 79.1 Å². The van der Waals surface area contributed by atoms with E-state index in [1.54, 1.807) is 4.57 Å². The van der Waals surface area contributed by atoms with Crippen molar-refractivity contribution < 1.29 is 4.52 Å². The fourth-order valence-corrected chi connectivity index (χ4v) is 4.63. The van der Waals surface area contributed by atoms with Crippen LogP contribution in [-0.2, 0) is 12.3 Å². The van der Waals surface area contributed by atoms with Crippen LogP contribution in [0.25, 0.3) is 27.9 Å². The minimum Gasteiger partial charge on any atom is -0.360 e. The van der Waals surface area contributed by atoms with Gasteiger partial charge in [0.2, 0.25) is 5.78 Å². The monoisotopic (exact) mass is 445 g/mol. The minimum atomic E-state index is -0.0177. The van der Waals surface area contributed by atoms with Gasteiger partial charge in [0, 0.05) is 18.2 Å². The van der Waals surface area contributed by atoms with Gasteiger partial charge in [0.15, 0.2) is 5.16 Å². The van der Waals surface area contributed by atoms with E-state index < -0.39 is 0 Å². The van der Waals surface area contributed by atoms with Gasteiger partial charge in [-0.3, -0.25) is 13.8 Å². The number of fused-ring (bicyclic) bond motifs is 3. The normalized spacial score (nSPS) is 11.5. The Bertz CT molecular complexity index is 1420. The Morgan fingerprint density at radius 3 is 2.66 bits per heavy atom. The van der Waals surface area contributed by atoms with Crippen molar-refractivity contribution in [2.45, 2.75) is 43.6 Å². The predicted octanol–water partition coefficient (Wildman–Crippen LogP) is 5.18. The van der Waals surface area contributed by atoms with E-state index in [-0.39, 0.29) is 5.56 Å². The molecule has 0 saturated heterocycles. The average molecular weight is 446 g/mol. The highest BCUT2D eigenvalue weighted by molar-refractivity contribution is 7.98. The number of hydrogen-bond acceptors (Lipinski definition) is 6. The summed E-state index contributed by atoms with van der Waals surface area (Å²) in [6, 6.07) is 19.5. The third-order valence-electron chi connectivity index (χ3n) is 5.44. The highest BCUT2D eigenvalue weighted by Gasteiger charge is 2.17. The molecule has 0 bridgehead atoms. The molecule has 0 amide bonds.